The summed E-state index contributed by atoms with van der Waals surface area (Å²) in [5.74, 6) is -0.699. The molecule has 0 saturated carbocycles. The van der Waals surface area contributed by atoms with Gasteiger partial charge in [-0.1, -0.05) is 12.8 Å². The monoisotopic (exact) mass is 464 g/mol. The third-order valence-corrected chi connectivity index (χ3v) is 7.12. The number of anilines is 2. The van der Waals surface area contributed by atoms with E-state index in [1.54, 1.807) is 30.3 Å². The Morgan fingerprint density at radius 3 is 2.56 bits per heavy atom. The fourth-order valence-electron chi connectivity index (χ4n) is 5.50. The van der Waals surface area contributed by atoms with Crippen molar-refractivity contribution in [2.75, 3.05) is 23.5 Å². The average molecular weight is 464 g/mol. The number of benzene rings is 2. The van der Waals surface area contributed by atoms with E-state index in [0.717, 1.165) is 29.8 Å². The molecule has 2 fully saturated rings. The van der Waals surface area contributed by atoms with Gasteiger partial charge in [-0.2, -0.15) is 0 Å². The molecule has 2 saturated heterocycles. The maximum absolute atomic E-state index is 14.1. The molecule has 4 amide bonds. The third-order valence-electron chi connectivity index (χ3n) is 7.12. The van der Waals surface area contributed by atoms with Crippen LogP contribution in [0.3, 0.4) is 0 Å². The molecule has 0 aromatic heterocycles. The van der Waals surface area contributed by atoms with Crippen LogP contribution < -0.4 is 19.9 Å². The number of carbonyl (C=O) groups is 3. The zero-order valence-corrected chi connectivity index (χ0v) is 18.7. The van der Waals surface area contributed by atoms with Gasteiger partial charge in [0.15, 0.2) is 5.41 Å². The van der Waals surface area contributed by atoms with Crippen molar-refractivity contribution >= 4 is 34.9 Å². The van der Waals surface area contributed by atoms with Crippen molar-refractivity contribution in [1.29, 1.82) is 0 Å². The Morgan fingerprint density at radius 2 is 1.85 bits per heavy atom. The number of rotatable bonds is 3. The van der Waals surface area contributed by atoms with E-state index in [0.29, 0.717) is 30.0 Å². The molecule has 3 aliphatic heterocycles. The maximum Gasteiger partial charge on any atom is 0.335 e. The molecule has 34 heavy (non-hydrogen) atoms. The van der Waals surface area contributed by atoms with Gasteiger partial charge in [-0.05, 0) is 48.7 Å². The summed E-state index contributed by atoms with van der Waals surface area (Å²) in [6.45, 7) is 0.619. The molecular formula is C24H24N4O6. The highest BCUT2D eigenvalue weighted by Gasteiger charge is 2.62. The lowest BCUT2D eigenvalue weighted by molar-refractivity contribution is -0.384. The number of fused-ring (bicyclic) bond motifs is 4. The van der Waals surface area contributed by atoms with Gasteiger partial charge in [0.1, 0.15) is 5.75 Å². The average Bonchev–Trinajstić information content (AvgIpc) is 3.09. The quantitative estimate of drug-likeness (QED) is 0.421. The first kappa shape index (κ1) is 21.9. The number of nitro benzene ring substituents is 1. The van der Waals surface area contributed by atoms with Crippen molar-refractivity contribution in [1.82, 2.24) is 5.32 Å². The minimum atomic E-state index is -1.58. The Labute approximate surface area is 195 Å². The molecule has 2 atom stereocenters. The number of ether oxygens (including phenoxy) is 1. The number of nitrogens with zero attached hydrogens (tertiary/aromatic N) is 3. The lowest BCUT2D eigenvalue weighted by Crippen LogP contribution is -2.72. The van der Waals surface area contributed by atoms with Gasteiger partial charge < -0.3 is 9.64 Å². The number of nitrogens with one attached hydrogen (secondary N) is 1. The topological polar surface area (TPSA) is 122 Å². The van der Waals surface area contributed by atoms with Crippen molar-refractivity contribution in [2.45, 2.75) is 38.1 Å². The number of imide groups is 2. The molecule has 0 unspecified atom stereocenters. The maximum atomic E-state index is 14.1. The Morgan fingerprint density at radius 1 is 1.09 bits per heavy atom. The summed E-state index contributed by atoms with van der Waals surface area (Å²) >= 11 is 0. The summed E-state index contributed by atoms with van der Waals surface area (Å²) in [4.78, 5) is 54.5. The number of non-ortho nitro benzene ring substituents is 1. The number of urea groups is 1. The number of carbonyl (C=O) groups excluding carboxylic acids is 3. The molecular weight excluding hydrogens is 440 g/mol. The fraction of sp³-hybridized carbons (Fsp3) is 0.375. The number of barbiturate groups is 1. The van der Waals surface area contributed by atoms with E-state index >= 15 is 0 Å². The van der Waals surface area contributed by atoms with Gasteiger partial charge in [0.05, 0.1) is 23.8 Å². The molecule has 1 spiro atoms. The second-order valence-electron chi connectivity index (χ2n) is 8.87. The van der Waals surface area contributed by atoms with Crippen LogP contribution in [0, 0.1) is 15.5 Å². The molecule has 176 valence electrons. The second kappa shape index (κ2) is 8.12. The van der Waals surface area contributed by atoms with Gasteiger partial charge in [0, 0.05) is 30.8 Å². The van der Waals surface area contributed by atoms with Crippen LogP contribution in [0.1, 0.15) is 31.2 Å². The lowest BCUT2D eigenvalue weighted by Gasteiger charge is -2.51. The molecule has 10 nitrogen and oxygen atoms in total. The van der Waals surface area contributed by atoms with Crippen LogP contribution in [0.4, 0.5) is 21.9 Å². The first-order valence-electron chi connectivity index (χ1n) is 11.2. The van der Waals surface area contributed by atoms with E-state index in [1.807, 2.05) is 4.90 Å². The zero-order valence-electron chi connectivity index (χ0n) is 18.7. The molecule has 5 rings (SSSR count). The van der Waals surface area contributed by atoms with Crippen molar-refractivity contribution < 1.29 is 24.0 Å². The predicted molar refractivity (Wildman–Crippen MR) is 123 cm³/mol. The molecule has 3 heterocycles. The molecule has 1 N–H and O–H groups in total. The van der Waals surface area contributed by atoms with Gasteiger partial charge in [-0.25, -0.2) is 9.69 Å². The highest BCUT2D eigenvalue weighted by Crippen LogP contribution is 2.48. The molecule has 0 bridgehead atoms. The van der Waals surface area contributed by atoms with Crippen LogP contribution >= 0.6 is 0 Å². The second-order valence-corrected chi connectivity index (χ2v) is 8.87. The van der Waals surface area contributed by atoms with Crippen LogP contribution in [0.2, 0.25) is 0 Å². The lowest BCUT2D eigenvalue weighted by atomic mass is 9.67. The first-order valence-corrected chi connectivity index (χ1v) is 11.2. The van der Waals surface area contributed by atoms with Crippen LogP contribution in [-0.2, 0) is 16.0 Å². The van der Waals surface area contributed by atoms with E-state index in [9.17, 15) is 24.5 Å². The smallest absolute Gasteiger partial charge is 0.335 e. The summed E-state index contributed by atoms with van der Waals surface area (Å²) in [5.41, 5.74) is -0.00829. The first-order chi connectivity index (χ1) is 16.4. The largest absolute Gasteiger partial charge is 0.497 e. The van der Waals surface area contributed by atoms with E-state index in [2.05, 4.69) is 5.32 Å². The van der Waals surface area contributed by atoms with E-state index in [-0.39, 0.29) is 12.1 Å². The Balaban J connectivity index is 1.66. The van der Waals surface area contributed by atoms with E-state index in [1.165, 1.54) is 19.2 Å². The number of methoxy groups -OCH3 is 1. The van der Waals surface area contributed by atoms with E-state index in [4.69, 9.17) is 4.74 Å². The highest BCUT2D eigenvalue weighted by molar-refractivity contribution is 6.30. The van der Waals surface area contributed by atoms with Gasteiger partial charge in [-0.3, -0.25) is 25.0 Å². The van der Waals surface area contributed by atoms with Crippen LogP contribution in [0.25, 0.3) is 0 Å². The van der Waals surface area contributed by atoms with Crippen LogP contribution in [0.15, 0.2) is 42.5 Å². The molecule has 0 aliphatic carbocycles. The number of nitro groups is 1. The minimum absolute atomic E-state index is 0.0181. The van der Waals surface area contributed by atoms with Crippen LogP contribution in [0.5, 0.6) is 5.75 Å². The normalized spacial score (nSPS) is 24.3. The van der Waals surface area contributed by atoms with Gasteiger partial charge in [-0.15, -0.1) is 0 Å². The fourth-order valence-corrected chi connectivity index (χ4v) is 5.50. The number of hydrogen-bond donors (Lipinski definition) is 1. The summed E-state index contributed by atoms with van der Waals surface area (Å²) in [5, 5.41) is 13.8. The SMILES string of the molecule is COc1ccc(N2C(=O)NC(=O)[C@]3(Cc4cc([N+](=O)[O-])ccc4N4CCCCC[C@@H]43)C2=O)cc1. The Hall–Kier alpha value is -3.95. The number of hydrogen-bond acceptors (Lipinski definition) is 7. The summed E-state index contributed by atoms with van der Waals surface area (Å²) < 4.78 is 5.17. The molecule has 3 aliphatic rings. The Bertz CT molecular complexity index is 1200. The standard InChI is InChI=1S/C24H24N4O6/c1-34-18-9-6-16(7-10-18)27-22(30)24(21(29)25-23(27)31)14-15-13-17(28(32)33)8-11-19(15)26-12-4-2-3-5-20(24)26/h6-11,13,20H,2-5,12,14H2,1H3,(H,25,29,31)/t20-,24-/m1/s1. The van der Waals surface area contributed by atoms with E-state index < -0.39 is 34.2 Å². The summed E-state index contributed by atoms with van der Waals surface area (Å²) in [6, 6.07) is 9.77. The van der Waals surface area contributed by atoms with Crippen molar-refractivity contribution in [3.8, 4) is 5.75 Å². The highest BCUT2D eigenvalue weighted by atomic mass is 16.6. The van der Waals surface area contributed by atoms with Gasteiger partial charge >= 0.3 is 6.03 Å². The summed E-state index contributed by atoms with van der Waals surface area (Å²) in [7, 11) is 1.51. The minimum Gasteiger partial charge on any atom is -0.497 e. The van der Waals surface area contributed by atoms with Crippen molar-refractivity contribution in [3.63, 3.8) is 0 Å². The van der Waals surface area contributed by atoms with Crippen molar-refractivity contribution in [3.05, 3.63) is 58.1 Å². The Kier molecular flexibility index (Phi) is 5.22. The number of amides is 4. The van der Waals surface area contributed by atoms with Gasteiger partial charge in [0.25, 0.3) is 11.6 Å². The van der Waals surface area contributed by atoms with Crippen molar-refractivity contribution in [2.24, 2.45) is 5.41 Å². The third kappa shape index (κ3) is 3.20. The molecule has 2 aromatic rings. The molecule has 2 aromatic carbocycles. The van der Waals surface area contributed by atoms with Gasteiger partial charge in [0.2, 0.25) is 5.91 Å². The predicted octanol–water partition coefficient (Wildman–Crippen LogP) is 3.18. The summed E-state index contributed by atoms with van der Waals surface area (Å²) in [6.07, 6.45) is 3.24. The molecule has 10 heteroatoms. The molecule has 0 radical (unpaired) electrons. The zero-order chi connectivity index (χ0) is 24.0. The van der Waals surface area contributed by atoms with Crippen LogP contribution in [-0.4, -0.2) is 42.5 Å².